The molecule has 0 N–H and O–H groups in total. The molecule has 4 rings (SSSR count). The van der Waals surface area contributed by atoms with Crippen LogP contribution >= 0.6 is 11.6 Å². The number of nitrogens with zero attached hydrogens (tertiary/aromatic N) is 5. The second-order valence-corrected chi connectivity index (χ2v) is 8.14. The molecule has 0 unspecified atom stereocenters. The molecule has 0 aliphatic carbocycles. The topological polar surface area (TPSA) is 86.3 Å². The Hall–Kier alpha value is -2.78. The van der Waals surface area contributed by atoms with Gasteiger partial charge >= 0.3 is 0 Å². The third kappa shape index (κ3) is 4.33. The van der Waals surface area contributed by atoms with Crippen LogP contribution in [0.3, 0.4) is 0 Å². The zero-order valence-corrected chi connectivity index (χ0v) is 18.3. The van der Waals surface area contributed by atoms with Crippen molar-refractivity contribution in [2.45, 2.75) is 39.3 Å². The molecule has 0 radical (unpaired) electrons. The van der Waals surface area contributed by atoms with Gasteiger partial charge in [-0.1, -0.05) is 16.8 Å². The number of likely N-dealkylation sites (N-methyl/N-ethyl adjacent to an activating group) is 1. The molecule has 3 heterocycles. The first-order valence-corrected chi connectivity index (χ1v) is 10.4. The predicted octanol–water partition coefficient (Wildman–Crippen LogP) is 3.69. The number of rotatable bonds is 6. The van der Waals surface area contributed by atoms with Crippen LogP contribution in [-0.2, 0) is 24.2 Å². The Balaban J connectivity index is 1.46. The quantitative estimate of drug-likeness (QED) is 0.572. The number of aromatic nitrogens is 4. The maximum Gasteiger partial charge on any atom is 0.278 e. The van der Waals surface area contributed by atoms with Crippen molar-refractivity contribution in [1.29, 1.82) is 0 Å². The van der Waals surface area contributed by atoms with E-state index in [2.05, 4.69) is 29.1 Å². The molecule has 3 aromatic rings. The molecule has 31 heavy (non-hydrogen) atoms. The van der Waals surface area contributed by atoms with Crippen molar-refractivity contribution in [1.82, 2.24) is 24.8 Å². The number of carbonyl (C=O) groups is 1. The molecular weight excluding hydrogens is 425 g/mol. The van der Waals surface area contributed by atoms with Gasteiger partial charge < -0.3 is 14.2 Å². The van der Waals surface area contributed by atoms with Crippen LogP contribution < -0.4 is 0 Å². The summed E-state index contributed by atoms with van der Waals surface area (Å²) in [6.07, 6.45) is 1.19. The molecule has 0 bridgehead atoms. The van der Waals surface area contributed by atoms with E-state index < -0.39 is 5.82 Å². The molecular formula is C21H23ClFN5O3. The molecule has 2 aromatic heterocycles. The molecule has 1 aliphatic heterocycles. The molecule has 1 aliphatic rings. The number of ether oxygens (including phenoxy) is 1. The fourth-order valence-electron chi connectivity index (χ4n) is 3.53. The number of hydrogen-bond acceptors (Lipinski definition) is 6. The van der Waals surface area contributed by atoms with Gasteiger partial charge in [0.1, 0.15) is 5.82 Å². The summed E-state index contributed by atoms with van der Waals surface area (Å²) in [5.74, 6) is -0.0213. The van der Waals surface area contributed by atoms with Crippen LogP contribution in [0.5, 0.6) is 0 Å². The lowest BCUT2D eigenvalue weighted by molar-refractivity contribution is 0.0795. The van der Waals surface area contributed by atoms with E-state index in [4.69, 9.17) is 20.9 Å². The number of fused-ring (bicyclic) bond motifs is 1. The number of halogens is 2. The third-order valence-electron chi connectivity index (χ3n) is 5.19. The summed E-state index contributed by atoms with van der Waals surface area (Å²) in [6, 6.07) is 4.11. The van der Waals surface area contributed by atoms with E-state index in [1.54, 1.807) is 7.05 Å². The van der Waals surface area contributed by atoms with Gasteiger partial charge in [0.15, 0.2) is 11.5 Å². The van der Waals surface area contributed by atoms with Crippen LogP contribution in [0.25, 0.3) is 11.6 Å². The van der Waals surface area contributed by atoms with Gasteiger partial charge in [0.2, 0.25) is 0 Å². The summed E-state index contributed by atoms with van der Waals surface area (Å²) in [5, 5.41) is 8.64. The lowest BCUT2D eigenvalue weighted by atomic mass is 10.1. The average molecular weight is 448 g/mol. The van der Waals surface area contributed by atoms with Crippen molar-refractivity contribution in [3.8, 4) is 11.6 Å². The van der Waals surface area contributed by atoms with Crippen molar-refractivity contribution in [3.05, 3.63) is 51.7 Å². The monoisotopic (exact) mass is 447 g/mol. The van der Waals surface area contributed by atoms with Crippen molar-refractivity contribution < 1.29 is 18.4 Å². The van der Waals surface area contributed by atoms with Crippen molar-refractivity contribution in [2.24, 2.45) is 0 Å². The van der Waals surface area contributed by atoms with Gasteiger partial charge in [-0.15, -0.1) is 0 Å². The standard InChI is InChI=1S/C21H23ClFN5O3/c1-12(2)28-17-7-9-30-11-14(17)19(25-28)20-24-18(26-31-20)6-8-27(3)21(29)13-4-5-16(23)15(22)10-13/h4-5,10,12H,6-9,11H2,1-3H3. The molecule has 164 valence electrons. The fourth-order valence-corrected chi connectivity index (χ4v) is 3.71. The molecule has 0 spiro atoms. The average Bonchev–Trinajstić information content (AvgIpc) is 3.38. The summed E-state index contributed by atoms with van der Waals surface area (Å²) in [7, 11) is 1.65. The lowest BCUT2D eigenvalue weighted by Crippen LogP contribution is -2.29. The van der Waals surface area contributed by atoms with Gasteiger partial charge in [-0.3, -0.25) is 9.48 Å². The Morgan fingerprint density at radius 1 is 1.39 bits per heavy atom. The van der Waals surface area contributed by atoms with Gasteiger partial charge in [0, 0.05) is 49.3 Å². The highest BCUT2D eigenvalue weighted by molar-refractivity contribution is 6.31. The van der Waals surface area contributed by atoms with E-state index in [0.29, 0.717) is 49.2 Å². The highest BCUT2D eigenvalue weighted by Crippen LogP contribution is 2.30. The fraction of sp³-hybridized carbons (Fsp3) is 0.429. The first kappa shape index (κ1) is 21.5. The Morgan fingerprint density at radius 3 is 2.94 bits per heavy atom. The smallest absolute Gasteiger partial charge is 0.278 e. The van der Waals surface area contributed by atoms with E-state index in [0.717, 1.165) is 17.7 Å². The minimum Gasteiger partial charge on any atom is -0.376 e. The summed E-state index contributed by atoms with van der Waals surface area (Å²) in [4.78, 5) is 18.5. The van der Waals surface area contributed by atoms with Crippen molar-refractivity contribution >= 4 is 17.5 Å². The lowest BCUT2D eigenvalue weighted by Gasteiger charge is -2.16. The molecule has 0 saturated heterocycles. The van der Waals surface area contributed by atoms with Crippen LogP contribution in [0.15, 0.2) is 22.7 Å². The maximum atomic E-state index is 13.3. The molecule has 1 amide bonds. The Kier molecular flexibility index (Phi) is 6.06. The molecule has 0 fully saturated rings. The predicted molar refractivity (Wildman–Crippen MR) is 111 cm³/mol. The number of carbonyl (C=O) groups excluding carboxylic acids is 1. The zero-order valence-electron chi connectivity index (χ0n) is 17.6. The highest BCUT2D eigenvalue weighted by Gasteiger charge is 2.26. The van der Waals surface area contributed by atoms with Gasteiger partial charge in [-0.25, -0.2) is 4.39 Å². The third-order valence-corrected chi connectivity index (χ3v) is 5.48. The van der Waals surface area contributed by atoms with Crippen molar-refractivity contribution in [3.63, 3.8) is 0 Å². The Morgan fingerprint density at radius 2 is 2.19 bits per heavy atom. The van der Waals surface area contributed by atoms with E-state index in [9.17, 15) is 9.18 Å². The van der Waals surface area contributed by atoms with Gasteiger partial charge in [0.25, 0.3) is 11.8 Å². The largest absolute Gasteiger partial charge is 0.376 e. The number of hydrogen-bond donors (Lipinski definition) is 0. The van der Waals surface area contributed by atoms with Gasteiger partial charge in [-0.05, 0) is 32.0 Å². The molecule has 1 aromatic carbocycles. The van der Waals surface area contributed by atoms with Gasteiger partial charge in [-0.2, -0.15) is 10.1 Å². The van der Waals surface area contributed by atoms with E-state index in [1.807, 2.05) is 4.68 Å². The molecule has 8 nitrogen and oxygen atoms in total. The Labute approximate surface area is 183 Å². The number of benzene rings is 1. The normalized spacial score (nSPS) is 13.5. The second-order valence-electron chi connectivity index (χ2n) is 7.74. The van der Waals surface area contributed by atoms with E-state index in [1.165, 1.54) is 23.1 Å². The first-order valence-electron chi connectivity index (χ1n) is 10.1. The summed E-state index contributed by atoms with van der Waals surface area (Å²) in [6.45, 7) is 5.64. The minimum absolute atomic E-state index is 0.0878. The molecule has 10 heteroatoms. The van der Waals surface area contributed by atoms with Crippen LogP contribution in [0.2, 0.25) is 5.02 Å². The molecule has 0 atom stereocenters. The first-order chi connectivity index (χ1) is 14.8. The number of amides is 1. The minimum atomic E-state index is -0.562. The van der Waals surface area contributed by atoms with Crippen LogP contribution in [-0.4, -0.2) is 50.9 Å². The van der Waals surface area contributed by atoms with E-state index in [-0.39, 0.29) is 17.0 Å². The SMILES string of the molecule is CC(C)n1nc(-c2nc(CCN(C)C(=O)c3ccc(F)c(Cl)c3)no2)c2c1CCOC2. The molecule has 0 saturated carbocycles. The van der Waals surface area contributed by atoms with Crippen LogP contribution in [0.1, 0.15) is 47.3 Å². The second kappa shape index (κ2) is 8.76. The van der Waals surface area contributed by atoms with Crippen LogP contribution in [0, 0.1) is 5.82 Å². The zero-order chi connectivity index (χ0) is 22.1. The van der Waals surface area contributed by atoms with Crippen LogP contribution in [0.4, 0.5) is 4.39 Å². The highest BCUT2D eigenvalue weighted by atomic mass is 35.5. The van der Waals surface area contributed by atoms with Gasteiger partial charge in [0.05, 0.1) is 18.2 Å². The summed E-state index contributed by atoms with van der Waals surface area (Å²) >= 11 is 5.77. The van der Waals surface area contributed by atoms with Crippen molar-refractivity contribution in [2.75, 3.05) is 20.2 Å². The van der Waals surface area contributed by atoms with E-state index >= 15 is 0 Å². The Bertz CT molecular complexity index is 1110. The summed E-state index contributed by atoms with van der Waals surface area (Å²) in [5.41, 5.74) is 3.08. The summed E-state index contributed by atoms with van der Waals surface area (Å²) < 4.78 is 26.4. The maximum absolute atomic E-state index is 13.3.